The first-order valence-electron chi connectivity index (χ1n) is 7.86. The molecular weight excluding hydrogens is 298 g/mol. The molecule has 2 aliphatic rings. The molecule has 0 atom stereocenters. The lowest BCUT2D eigenvalue weighted by molar-refractivity contribution is -0.138. The number of esters is 1. The maximum Gasteiger partial charge on any atom is 0.335 e. The van der Waals surface area contributed by atoms with Crippen molar-refractivity contribution in [3.8, 4) is 0 Å². The summed E-state index contributed by atoms with van der Waals surface area (Å²) >= 11 is 0. The Morgan fingerprint density at radius 3 is 2.83 bits per heavy atom. The summed E-state index contributed by atoms with van der Waals surface area (Å²) in [6.45, 7) is 8.62. The second-order valence-corrected chi connectivity index (χ2v) is 5.30. The van der Waals surface area contributed by atoms with Gasteiger partial charge in [-0.1, -0.05) is 0 Å². The molecule has 0 aromatic heterocycles. The van der Waals surface area contributed by atoms with Gasteiger partial charge in [0.2, 0.25) is 0 Å². The minimum atomic E-state index is -0.378. The molecule has 2 aliphatic heterocycles. The van der Waals surface area contributed by atoms with Crippen LogP contribution in [0.15, 0.2) is 35.4 Å². The third-order valence-electron chi connectivity index (χ3n) is 3.70. The maximum atomic E-state index is 11.8. The first-order chi connectivity index (χ1) is 11.1. The fourth-order valence-corrected chi connectivity index (χ4v) is 2.34. The minimum absolute atomic E-state index is 0.330. The third kappa shape index (κ3) is 5.09. The first kappa shape index (κ1) is 17.5. The van der Waals surface area contributed by atoms with Crippen LogP contribution in [0.25, 0.3) is 0 Å². The summed E-state index contributed by atoms with van der Waals surface area (Å²) in [7, 11) is 0. The molecule has 0 aliphatic carbocycles. The minimum Gasteiger partial charge on any atom is -0.492 e. The van der Waals surface area contributed by atoms with Crippen LogP contribution in [0.5, 0.6) is 0 Å². The number of ether oxygens (including phenoxy) is 3. The van der Waals surface area contributed by atoms with Gasteiger partial charge in [-0.05, 0) is 19.9 Å². The number of allylic oxidation sites excluding steroid dienone is 2. The largest absolute Gasteiger partial charge is 0.492 e. The van der Waals surface area contributed by atoms with Gasteiger partial charge in [0, 0.05) is 31.9 Å². The first-order valence-corrected chi connectivity index (χ1v) is 7.86. The molecule has 1 fully saturated rings. The van der Waals surface area contributed by atoms with Crippen molar-refractivity contribution in [2.45, 2.75) is 13.8 Å². The van der Waals surface area contributed by atoms with Gasteiger partial charge in [0.25, 0.3) is 0 Å². The van der Waals surface area contributed by atoms with Crippen LogP contribution in [0, 0.1) is 0 Å². The summed E-state index contributed by atoms with van der Waals surface area (Å²) < 4.78 is 16.1. The van der Waals surface area contributed by atoms with Gasteiger partial charge >= 0.3 is 5.97 Å². The molecule has 0 aromatic carbocycles. The van der Waals surface area contributed by atoms with E-state index in [1.165, 1.54) is 5.01 Å². The number of hydrogen-bond donors (Lipinski definition) is 1. The third-order valence-corrected chi connectivity index (χ3v) is 3.70. The predicted octanol–water partition coefficient (Wildman–Crippen LogP) is 0.759. The molecule has 0 radical (unpaired) electrons. The fourth-order valence-electron chi connectivity index (χ4n) is 2.34. The highest BCUT2D eigenvalue weighted by molar-refractivity contribution is 5.89. The molecule has 7 heteroatoms. The number of nitrogens with two attached hydrogens (primary N) is 1. The Hall–Kier alpha value is -1.83. The normalized spacial score (nSPS) is 21.0. The Bertz CT molecular complexity index is 507. The van der Waals surface area contributed by atoms with Crippen molar-refractivity contribution in [1.82, 2.24) is 9.91 Å². The van der Waals surface area contributed by atoms with Crippen LogP contribution < -0.4 is 5.84 Å². The van der Waals surface area contributed by atoms with Crippen molar-refractivity contribution >= 4 is 5.97 Å². The fraction of sp³-hybridized carbons (Fsp3) is 0.562. The van der Waals surface area contributed by atoms with Gasteiger partial charge in [0.1, 0.15) is 12.4 Å². The van der Waals surface area contributed by atoms with Crippen molar-refractivity contribution in [2.24, 2.45) is 5.84 Å². The Balaban J connectivity index is 1.93. The summed E-state index contributed by atoms with van der Waals surface area (Å²) in [4.78, 5) is 14.1. The van der Waals surface area contributed by atoms with Crippen LogP contribution in [0.2, 0.25) is 0 Å². The molecule has 0 amide bonds. The van der Waals surface area contributed by atoms with Gasteiger partial charge in [-0.2, -0.15) is 0 Å². The maximum absolute atomic E-state index is 11.8. The van der Waals surface area contributed by atoms with Crippen LogP contribution in [0.1, 0.15) is 13.8 Å². The number of morpholine rings is 1. The van der Waals surface area contributed by atoms with Gasteiger partial charge in [0.05, 0.1) is 31.1 Å². The zero-order valence-electron chi connectivity index (χ0n) is 13.8. The topological polar surface area (TPSA) is 77.3 Å². The van der Waals surface area contributed by atoms with Crippen LogP contribution >= 0.6 is 0 Å². The molecule has 2 rings (SSSR count). The Kier molecular flexibility index (Phi) is 6.64. The van der Waals surface area contributed by atoms with Gasteiger partial charge in [-0.15, -0.1) is 0 Å². The molecule has 0 spiro atoms. The zero-order valence-corrected chi connectivity index (χ0v) is 13.8. The van der Waals surface area contributed by atoms with E-state index in [1.807, 2.05) is 0 Å². The van der Waals surface area contributed by atoms with E-state index in [2.05, 4.69) is 4.90 Å². The molecule has 0 bridgehead atoms. The molecule has 2 heterocycles. The summed E-state index contributed by atoms with van der Waals surface area (Å²) in [6, 6.07) is 0. The van der Waals surface area contributed by atoms with Crippen LogP contribution in [-0.2, 0) is 19.0 Å². The molecule has 128 valence electrons. The number of hydrogen-bond acceptors (Lipinski definition) is 7. The number of carbonyl (C=O) groups excluding carboxylic acids is 1. The van der Waals surface area contributed by atoms with Crippen molar-refractivity contribution in [3.05, 3.63) is 35.4 Å². The van der Waals surface area contributed by atoms with Crippen LogP contribution in [-0.4, -0.2) is 61.9 Å². The number of hydrazine groups is 1. The zero-order chi connectivity index (χ0) is 16.7. The van der Waals surface area contributed by atoms with Gasteiger partial charge < -0.3 is 14.2 Å². The molecule has 0 aromatic rings. The molecule has 7 nitrogen and oxygen atoms in total. The smallest absolute Gasteiger partial charge is 0.335 e. The highest BCUT2D eigenvalue weighted by Gasteiger charge is 2.17. The van der Waals surface area contributed by atoms with Crippen molar-refractivity contribution in [2.75, 3.05) is 46.1 Å². The lowest BCUT2D eigenvalue weighted by Gasteiger charge is -2.27. The summed E-state index contributed by atoms with van der Waals surface area (Å²) in [5.74, 6) is 6.18. The molecule has 0 saturated carbocycles. The van der Waals surface area contributed by atoms with Gasteiger partial charge in [-0.25, -0.2) is 10.6 Å². The second-order valence-electron chi connectivity index (χ2n) is 5.30. The van der Waals surface area contributed by atoms with E-state index in [-0.39, 0.29) is 5.97 Å². The molecule has 1 saturated heterocycles. The number of rotatable bonds is 6. The standard InChI is InChI=1S/C16H25N3O4/c1-3-22-16(20)13(2)15-12-14(4-5-19(15)17)23-11-8-18-6-9-21-10-7-18/h4-5,12H,3,6-11,17H2,1-2H3/b15-13+. The Labute approximate surface area is 136 Å². The SMILES string of the molecule is CCOC(=O)/C(C)=C1\C=C(OCCN2CCOCC2)C=CN1N. The summed E-state index contributed by atoms with van der Waals surface area (Å²) in [5.41, 5.74) is 1.03. The van der Waals surface area contributed by atoms with Crippen LogP contribution in [0.4, 0.5) is 0 Å². The van der Waals surface area contributed by atoms with Crippen LogP contribution in [0.3, 0.4) is 0 Å². The van der Waals surface area contributed by atoms with E-state index >= 15 is 0 Å². The summed E-state index contributed by atoms with van der Waals surface area (Å²) in [6.07, 6.45) is 5.20. The number of carbonyl (C=O) groups is 1. The second kappa shape index (κ2) is 8.71. The van der Waals surface area contributed by atoms with E-state index in [0.717, 1.165) is 32.8 Å². The number of nitrogens with zero attached hydrogens (tertiary/aromatic N) is 2. The van der Waals surface area contributed by atoms with Crippen molar-refractivity contribution in [3.63, 3.8) is 0 Å². The van der Waals surface area contributed by atoms with E-state index < -0.39 is 0 Å². The highest BCUT2D eigenvalue weighted by Crippen LogP contribution is 2.19. The average molecular weight is 323 g/mol. The quantitative estimate of drug-likeness (QED) is 0.439. The van der Waals surface area contributed by atoms with E-state index in [1.54, 1.807) is 32.2 Å². The molecule has 0 unspecified atom stereocenters. The molecular formula is C16H25N3O4. The van der Waals surface area contributed by atoms with Crippen molar-refractivity contribution in [1.29, 1.82) is 0 Å². The molecule has 2 N–H and O–H groups in total. The van der Waals surface area contributed by atoms with Gasteiger partial charge in [-0.3, -0.25) is 9.91 Å². The summed E-state index contributed by atoms with van der Waals surface area (Å²) in [5, 5.41) is 1.39. The van der Waals surface area contributed by atoms with Gasteiger partial charge in [0.15, 0.2) is 0 Å². The monoisotopic (exact) mass is 323 g/mol. The van der Waals surface area contributed by atoms with E-state index in [4.69, 9.17) is 20.1 Å². The lowest BCUT2D eigenvalue weighted by Crippen LogP contribution is -2.38. The Morgan fingerprint density at radius 1 is 1.39 bits per heavy atom. The lowest BCUT2D eigenvalue weighted by atomic mass is 10.1. The average Bonchev–Trinajstić information content (AvgIpc) is 2.57. The van der Waals surface area contributed by atoms with Crippen molar-refractivity contribution < 1.29 is 19.0 Å². The van der Waals surface area contributed by atoms with E-state index in [9.17, 15) is 4.79 Å². The molecule has 23 heavy (non-hydrogen) atoms. The predicted molar refractivity (Wildman–Crippen MR) is 85.8 cm³/mol. The highest BCUT2D eigenvalue weighted by atomic mass is 16.5. The Morgan fingerprint density at radius 2 is 2.13 bits per heavy atom. The van der Waals surface area contributed by atoms with E-state index in [0.29, 0.717) is 30.2 Å².